The fraction of sp³-hybridized carbons (Fsp3) is 0.276. The van der Waals surface area contributed by atoms with E-state index in [1.54, 1.807) is 28.1 Å². The quantitative estimate of drug-likeness (QED) is 0.217. The molecule has 2 aromatic carbocycles. The standard InChI is InChI=1S/C28H32FN5O2.CH3NO/c1-21(36-17-7-14-32(2)3)31-27-19-22(12-13-30-27)18-23-10-11-25(20-26(23)29)34-16-15-33(28(34)35)24-8-5-4-6-9-24;2-1-3/h4-6,8-13,19-20H,1,7,14-18H2,2-3H3,(H,30,31);1H,(H2,2,3). The summed E-state index contributed by atoms with van der Waals surface area (Å²) in [6.07, 6.45) is 3.21. The van der Waals surface area contributed by atoms with Crippen LogP contribution in [0.1, 0.15) is 17.5 Å². The normalized spacial score (nSPS) is 12.7. The number of nitrogens with two attached hydrogens (primary N) is 1. The van der Waals surface area contributed by atoms with Gasteiger partial charge in [0.1, 0.15) is 11.6 Å². The fourth-order valence-corrected chi connectivity index (χ4v) is 4.10. The van der Waals surface area contributed by atoms with Crippen LogP contribution < -0.4 is 20.9 Å². The first-order chi connectivity index (χ1) is 18.8. The van der Waals surface area contributed by atoms with Crippen molar-refractivity contribution in [3.63, 3.8) is 0 Å². The molecule has 1 aliphatic heterocycles. The highest BCUT2D eigenvalue weighted by Gasteiger charge is 2.30. The Morgan fingerprint density at radius 2 is 1.82 bits per heavy atom. The molecule has 1 aromatic heterocycles. The predicted octanol–water partition coefficient (Wildman–Crippen LogP) is 4.21. The summed E-state index contributed by atoms with van der Waals surface area (Å²) in [7, 11) is 4.04. The van der Waals surface area contributed by atoms with Crippen molar-refractivity contribution in [2.75, 3.05) is 55.5 Å². The molecule has 0 atom stereocenters. The van der Waals surface area contributed by atoms with Gasteiger partial charge in [-0.25, -0.2) is 14.2 Å². The van der Waals surface area contributed by atoms with Crippen molar-refractivity contribution in [1.29, 1.82) is 0 Å². The van der Waals surface area contributed by atoms with Crippen molar-refractivity contribution in [3.8, 4) is 0 Å². The summed E-state index contributed by atoms with van der Waals surface area (Å²) in [6.45, 7) is 6.45. The molecule has 1 aliphatic rings. The number of benzene rings is 2. The average Bonchev–Trinajstić information content (AvgIpc) is 3.30. The summed E-state index contributed by atoms with van der Waals surface area (Å²) < 4.78 is 20.7. The Labute approximate surface area is 228 Å². The topological polar surface area (TPSA) is 104 Å². The van der Waals surface area contributed by atoms with Gasteiger partial charge in [-0.15, -0.1) is 0 Å². The van der Waals surface area contributed by atoms with E-state index in [0.29, 0.717) is 49.1 Å². The SMILES string of the molecule is C=C(Nc1cc(Cc2ccc(N3CCN(c4ccccc4)C3=O)cc2F)ccn1)OCCCN(C)C.NC=O. The number of primary amides is 1. The van der Waals surface area contributed by atoms with Crippen LogP contribution in [0, 0.1) is 5.82 Å². The third-order valence-corrected chi connectivity index (χ3v) is 5.94. The first-order valence-electron chi connectivity index (χ1n) is 12.6. The summed E-state index contributed by atoms with van der Waals surface area (Å²) in [5, 5.41) is 3.06. The Morgan fingerprint density at radius 1 is 1.13 bits per heavy atom. The summed E-state index contributed by atoms with van der Waals surface area (Å²) in [5.41, 5.74) is 7.00. The van der Waals surface area contributed by atoms with Crippen molar-refractivity contribution in [3.05, 3.63) is 96.3 Å². The Balaban J connectivity index is 0.00000134. The molecular weight excluding hydrogens is 499 g/mol. The third kappa shape index (κ3) is 8.54. The molecule has 0 unspecified atom stereocenters. The third-order valence-electron chi connectivity index (χ3n) is 5.94. The number of halogens is 1. The minimum absolute atomic E-state index is 0.151. The number of para-hydroxylation sites is 1. The molecule has 0 radical (unpaired) electrons. The highest BCUT2D eigenvalue weighted by atomic mass is 19.1. The van der Waals surface area contributed by atoms with Crippen LogP contribution >= 0.6 is 0 Å². The molecule has 39 heavy (non-hydrogen) atoms. The van der Waals surface area contributed by atoms with Gasteiger partial charge in [0.25, 0.3) is 0 Å². The molecule has 1 saturated heterocycles. The van der Waals surface area contributed by atoms with Gasteiger partial charge in [-0.2, -0.15) is 0 Å². The van der Waals surface area contributed by atoms with Crippen LogP contribution in [0.4, 0.5) is 26.4 Å². The maximum atomic E-state index is 15.1. The Morgan fingerprint density at radius 3 is 2.49 bits per heavy atom. The van der Waals surface area contributed by atoms with Crippen molar-refractivity contribution < 1.29 is 18.7 Å². The molecule has 2 heterocycles. The van der Waals surface area contributed by atoms with Gasteiger partial charge in [-0.05, 0) is 74.6 Å². The summed E-state index contributed by atoms with van der Waals surface area (Å²) >= 11 is 0. The first kappa shape index (κ1) is 29.1. The minimum atomic E-state index is -0.349. The van der Waals surface area contributed by atoms with E-state index >= 15 is 4.39 Å². The smallest absolute Gasteiger partial charge is 0.329 e. The summed E-state index contributed by atoms with van der Waals surface area (Å²) in [4.78, 5) is 31.2. The van der Waals surface area contributed by atoms with E-state index in [-0.39, 0.29) is 18.3 Å². The molecule has 0 aliphatic carbocycles. The summed E-state index contributed by atoms with van der Waals surface area (Å²) in [6, 6.07) is 18.0. The number of aromatic nitrogens is 1. The second kappa shape index (κ2) is 14.5. The van der Waals surface area contributed by atoms with Crippen molar-refractivity contribution in [1.82, 2.24) is 9.88 Å². The zero-order valence-corrected chi connectivity index (χ0v) is 22.3. The van der Waals surface area contributed by atoms with Crippen LogP contribution in [0.3, 0.4) is 0 Å². The van der Waals surface area contributed by atoms with Gasteiger partial charge < -0.3 is 20.7 Å². The number of amides is 3. The van der Waals surface area contributed by atoms with Gasteiger partial charge in [0.15, 0.2) is 5.88 Å². The highest BCUT2D eigenvalue weighted by molar-refractivity contribution is 6.06. The number of ether oxygens (including phenoxy) is 1. The van der Waals surface area contributed by atoms with Crippen LogP contribution in [-0.2, 0) is 16.0 Å². The zero-order valence-electron chi connectivity index (χ0n) is 22.3. The molecule has 1 fully saturated rings. The van der Waals surface area contributed by atoms with Gasteiger partial charge >= 0.3 is 6.03 Å². The second-order valence-corrected chi connectivity index (χ2v) is 9.11. The van der Waals surface area contributed by atoms with E-state index in [0.717, 1.165) is 24.2 Å². The number of pyridine rings is 1. The molecule has 4 rings (SSSR count). The van der Waals surface area contributed by atoms with Gasteiger partial charge in [-0.1, -0.05) is 24.3 Å². The number of nitrogens with zero attached hydrogens (tertiary/aromatic N) is 4. The van der Waals surface area contributed by atoms with E-state index in [1.165, 1.54) is 6.07 Å². The Hall–Kier alpha value is -4.44. The average molecular weight is 535 g/mol. The summed E-state index contributed by atoms with van der Waals surface area (Å²) in [5.74, 6) is 0.665. The maximum Gasteiger partial charge on any atom is 0.329 e. The van der Waals surface area contributed by atoms with Gasteiger partial charge in [-0.3, -0.25) is 14.6 Å². The van der Waals surface area contributed by atoms with E-state index in [2.05, 4.69) is 27.5 Å². The number of carbonyl (C=O) groups excluding carboxylic acids is 2. The van der Waals surface area contributed by atoms with Gasteiger partial charge in [0.2, 0.25) is 6.41 Å². The van der Waals surface area contributed by atoms with Crippen molar-refractivity contribution >= 4 is 29.6 Å². The lowest BCUT2D eigenvalue weighted by molar-refractivity contribution is -0.106. The Kier molecular flexibility index (Phi) is 10.8. The largest absolute Gasteiger partial charge is 0.479 e. The molecule has 10 heteroatoms. The number of carbonyl (C=O) groups is 2. The molecule has 0 bridgehead atoms. The van der Waals surface area contributed by atoms with E-state index in [4.69, 9.17) is 9.53 Å². The lowest BCUT2D eigenvalue weighted by Gasteiger charge is -2.19. The van der Waals surface area contributed by atoms with Crippen LogP contribution in [0.15, 0.2) is 79.3 Å². The number of hydrogen-bond donors (Lipinski definition) is 2. The van der Waals surface area contributed by atoms with Crippen LogP contribution in [0.5, 0.6) is 0 Å². The lowest BCUT2D eigenvalue weighted by Crippen LogP contribution is -2.31. The van der Waals surface area contributed by atoms with Gasteiger partial charge in [0, 0.05) is 43.6 Å². The highest BCUT2D eigenvalue weighted by Crippen LogP contribution is 2.27. The fourth-order valence-electron chi connectivity index (χ4n) is 4.10. The van der Waals surface area contributed by atoms with E-state index in [9.17, 15) is 4.79 Å². The molecule has 0 saturated carbocycles. The molecular formula is C29H35FN6O3. The van der Waals surface area contributed by atoms with E-state index in [1.807, 2.05) is 56.6 Å². The van der Waals surface area contributed by atoms with E-state index < -0.39 is 0 Å². The predicted molar refractivity (Wildman–Crippen MR) is 152 cm³/mol. The van der Waals surface area contributed by atoms with Crippen LogP contribution in [-0.4, -0.2) is 62.7 Å². The molecule has 9 nitrogen and oxygen atoms in total. The van der Waals surface area contributed by atoms with Crippen molar-refractivity contribution in [2.45, 2.75) is 12.8 Å². The first-order valence-corrected chi connectivity index (χ1v) is 12.6. The molecule has 0 spiro atoms. The molecule has 3 amide bonds. The van der Waals surface area contributed by atoms with Gasteiger partial charge in [0.05, 0.1) is 6.61 Å². The monoisotopic (exact) mass is 534 g/mol. The number of urea groups is 1. The number of anilines is 3. The molecule has 3 aromatic rings. The number of rotatable bonds is 11. The maximum absolute atomic E-state index is 15.1. The minimum Gasteiger partial charge on any atom is -0.479 e. The number of hydrogen-bond acceptors (Lipinski definition) is 6. The van der Waals surface area contributed by atoms with Crippen LogP contribution in [0.2, 0.25) is 0 Å². The zero-order chi connectivity index (χ0) is 28.2. The molecule has 3 N–H and O–H groups in total. The number of nitrogens with one attached hydrogen (secondary N) is 1. The van der Waals surface area contributed by atoms with Crippen molar-refractivity contribution in [2.24, 2.45) is 5.73 Å². The molecule has 206 valence electrons. The Bertz CT molecular complexity index is 1250. The second-order valence-electron chi connectivity index (χ2n) is 9.11. The van der Waals surface area contributed by atoms with Crippen LogP contribution in [0.25, 0.3) is 0 Å². The lowest BCUT2D eigenvalue weighted by atomic mass is 10.0.